The quantitative estimate of drug-likeness (QED) is 0.664. The van der Waals surface area contributed by atoms with Crippen molar-refractivity contribution < 1.29 is 4.79 Å². The zero-order valence-corrected chi connectivity index (χ0v) is 16.2. The van der Waals surface area contributed by atoms with E-state index in [-0.39, 0.29) is 30.7 Å². The van der Waals surface area contributed by atoms with Crippen molar-refractivity contribution in [2.75, 3.05) is 6.54 Å². The Bertz CT molecular complexity index is 833. The van der Waals surface area contributed by atoms with E-state index in [4.69, 9.17) is 5.73 Å². The van der Waals surface area contributed by atoms with E-state index < -0.39 is 0 Å². The van der Waals surface area contributed by atoms with Crippen molar-refractivity contribution >= 4 is 53.1 Å². The fourth-order valence-electron chi connectivity index (χ4n) is 2.56. The van der Waals surface area contributed by atoms with E-state index in [0.717, 1.165) is 28.4 Å². The summed E-state index contributed by atoms with van der Waals surface area (Å²) in [4.78, 5) is 20.9. The molecule has 0 unspecified atom stereocenters. The minimum absolute atomic E-state index is 0. The maximum atomic E-state index is 12.1. The van der Waals surface area contributed by atoms with E-state index in [2.05, 4.69) is 32.8 Å². The SMILES string of the molecule is CCn1c(CCNC(=O)c2csc(CN)n2)nc2ccccc21.Cl.Cl. The predicted octanol–water partition coefficient (Wildman–Crippen LogP) is 2.79. The Morgan fingerprint density at radius 3 is 2.72 bits per heavy atom. The Kier molecular flexibility index (Phi) is 8.31. The van der Waals surface area contributed by atoms with Gasteiger partial charge in [0.1, 0.15) is 16.5 Å². The molecule has 0 fully saturated rings. The molecular formula is C16H21Cl2N5OS. The summed E-state index contributed by atoms with van der Waals surface area (Å²) in [5.74, 6) is 0.815. The predicted molar refractivity (Wildman–Crippen MR) is 106 cm³/mol. The lowest BCUT2D eigenvalue weighted by Gasteiger charge is -2.06. The third-order valence-corrected chi connectivity index (χ3v) is 4.51. The summed E-state index contributed by atoms with van der Waals surface area (Å²) in [6.45, 7) is 3.84. The van der Waals surface area contributed by atoms with Crippen molar-refractivity contribution in [2.45, 2.75) is 26.4 Å². The average molecular weight is 402 g/mol. The molecule has 136 valence electrons. The molecule has 3 aromatic rings. The second-order valence-electron chi connectivity index (χ2n) is 5.10. The Morgan fingerprint density at radius 1 is 1.28 bits per heavy atom. The van der Waals surface area contributed by atoms with Crippen LogP contribution in [0, 0.1) is 0 Å². The van der Waals surface area contributed by atoms with Crippen LogP contribution in [0.2, 0.25) is 0 Å². The summed E-state index contributed by atoms with van der Waals surface area (Å²) in [7, 11) is 0. The van der Waals surface area contributed by atoms with Crippen LogP contribution in [0.15, 0.2) is 29.6 Å². The van der Waals surface area contributed by atoms with Crippen LogP contribution in [-0.2, 0) is 19.5 Å². The van der Waals surface area contributed by atoms with Gasteiger partial charge in [0.05, 0.1) is 11.0 Å². The number of carbonyl (C=O) groups is 1. The number of imidazole rings is 1. The molecule has 6 nitrogen and oxygen atoms in total. The number of carbonyl (C=O) groups excluding carboxylic acids is 1. The molecule has 0 aliphatic heterocycles. The first-order chi connectivity index (χ1) is 11.2. The number of aromatic nitrogens is 3. The number of nitrogens with one attached hydrogen (secondary N) is 1. The van der Waals surface area contributed by atoms with Crippen molar-refractivity contribution in [3.8, 4) is 0 Å². The summed E-state index contributed by atoms with van der Waals surface area (Å²) in [5.41, 5.74) is 8.06. The van der Waals surface area contributed by atoms with Crippen LogP contribution in [0.3, 0.4) is 0 Å². The van der Waals surface area contributed by atoms with Crippen LogP contribution >= 0.6 is 36.2 Å². The molecule has 2 aromatic heterocycles. The fourth-order valence-corrected chi connectivity index (χ4v) is 3.21. The molecule has 2 heterocycles. The van der Waals surface area contributed by atoms with Crippen LogP contribution in [-0.4, -0.2) is 27.0 Å². The number of thiazole rings is 1. The molecule has 3 N–H and O–H groups in total. The number of para-hydroxylation sites is 2. The van der Waals surface area contributed by atoms with Crippen LogP contribution in [0.1, 0.15) is 28.2 Å². The molecule has 25 heavy (non-hydrogen) atoms. The maximum absolute atomic E-state index is 12.1. The van der Waals surface area contributed by atoms with E-state index in [1.165, 1.54) is 11.3 Å². The minimum Gasteiger partial charge on any atom is -0.350 e. The minimum atomic E-state index is -0.167. The molecule has 0 saturated heterocycles. The molecule has 0 aliphatic carbocycles. The third-order valence-electron chi connectivity index (χ3n) is 3.64. The number of fused-ring (bicyclic) bond motifs is 1. The van der Waals surface area contributed by atoms with E-state index in [0.29, 0.717) is 25.2 Å². The van der Waals surface area contributed by atoms with Gasteiger partial charge in [-0.1, -0.05) is 12.1 Å². The zero-order chi connectivity index (χ0) is 16.2. The first-order valence-electron chi connectivity index (χ1n) is 7.59. The molecular weight excluding hydrogens is 381 g/mol. The Labute approximate surface area is 162 Å². The van der Waals surface area contributed by atoms with E-state index in [1.807, 2.05) is 18.2 Å². The second kappa shape index (κ2) is 9.72. The molecule has 0 radical (unpaired) electrons. The average Bonchev–Trinajstić information content (AvgIpc) is 3.18. The monoisotopic (exact) mass is 401 g/mol. The van der Waals surface area contributed by atoms with E-state index in [9.17, 15) is 4.79 Å². The molecule has 0 spiro atoms. The number of halogens is 2. The van der Waals surface area contributed by atoms with Gasteiger partial charge in [0.2, 0.25) is 0 Å². The number of amides is 1. The fraction of sp³-hybridized carbons (Fsp3) is 0.312. The Balaban J connectivity index is 0.00000156. The number of hydrogen-bond donors (Lipinski definition) is 2. The van der Waals surface area contributed by atoms with Gasteiger partial charge in [0.25, 0.3) is 5.91 Å². The van der Waals surface area contributed by atoms with Crippen LogP contribution < -0.4 is 11.1 Å². The number of benzene rings is 1. The van der Waals surface area contributed by atoms with Gasteiger partial charge < -0.3 is 15.6 Å². The summed E-state index contributed by atoms with van der Waals surface area (Å²) < 4.78 is 2.18. The standard InChI is InChI=1S/C16H19N5OS.2ClH/c1-2-21-13-6-4-3-5-11(13)19-14(21)7-8-18-16(22)12-10-23-15(9-17)20-12;;/h3-6,10H,2,7-9,17H2,1H3,(H,18,22);2*1H. The number of aryl methyl sites for hydroxylation is 1. The van der Waals surface area contributed by atoms with E-state index >= 15 is 0 Å². The second-order valence-corrected chi connectivity index (χ2v) is 6.04. The topological polar surface area (TPSA) is 85.8 Å². The highest BCUT2D eigenvalue weighted by Gasteiger charge is 2.12. The van der Waals surface area contributed by atoms with Gasteiger partial charge in [-0.05, 0) is 19.1 Å². The molecule has 0 aliphatic rings. The highest BCUT2D eigenvalue weighted by molar-refractivity contribution is 7.09. The van der Waals surface area contributed by atoms with Crippen molar-refractivity contribution in [1.82, 2.24) is 19.9 Å². The lowest BCUT2D eigenvalue weighted by atomic mass is 10.3. The number of hydrogen-bond acceptors (Lipinski definition) is 5. The summed E-state index contributed by atoms with van der Waals surface area (Å²) >= 11 is 1.40. The van der Waals surface area contributed by atoms with Gasteiger partial charge in [0, 0.05) is 31.4 Å². The zero-order valence-electron chi connectivity index (χ0n) is 13.8. The number of nitrogens with two attached hydrogens (primary N) is 1. The van der Waals surface area contributed by atoms with Gasteiger partial charge in [-0.2, -0.15) is 0 Å². The smallest absolute Gasteiger partial charge is 0.270 e. The number of rotatable bonds is 6. The van der Waals surface area contributed by atoms with Gasteiger partial charge in [0.15, 0.2) is 0 Å². The lowest BCUT2D eigenvalue weighted by molar-refractivity contribution is 0.0949. The van der Waals surface area contributed by atoms with Crippen molar-refractivity contribution in [2.24, 2.45) is 5.73 Å². The summed E-state index contributed by atoms with van der Waals surface area (Å²) in [6.07, 6.45) is 0.683. The van der Waals surface area contributed by atoms with Crippen LogP contribution in [0.5, 0.6) is 0 Å². The van der Waals surface area contributed by atoms with Crippen molar-refractivity contribution in [3.63, 3.8) is 0 Å². The largest absolute Gasteiger partial charge is 0.350 e. The molecule has 0 saturated carbocycles. The summed E-state index contributed by atoms with van der Waals surface area (Å²) in [6, 6.07) is 8.07. The maximum Gasteiger partial charge on any atom is 0.270 e. The Hall–Kier alpha value is -1.67. The molecule has 1 aromatic carbocycles. The van der Waals surface area contributed by atoms with Crippen molar-refractivity contribution in [1.29, 1.82) is 0 Å². The highest BCUT2D eigenvalue weighted by Crippen LogP contribution is 2.16. The lowest BCUT2D eigenvalue weighted by Crippen LogP contribution is -2.26. The van der Waals surface area contributed by atoms with Gasteiger partial charge in [-0.15, -0.1) is 36.2 Å². The summed E-state index contributed by atoms with van der Waals surface area (Å²) in [5, 5.41) is 5.39. The third kappa shape index (κ3) is 4.70. The van der Waals surface area contributed by atoms with Gasteiger partial charge >= 0.3 is 0 Å². The Morgan fingerprint density at radius 2 is 2.04 bits per heavy atom. The number of nitrogens with zero attached hydrogens (tertiary/aromatic N) is 3. The van der Waals surface area contributed by atoms with Crippen molar-refractivity contribution in [3.05, 3.63) is 46.2 Å². The van der Waals surface area contributed by atoms with Crippen LogP contribution in [0.4, 0.5) is 0 Å². The first kappa shape index (κ1) is 21.4. The van der Waals surface area contributed by atoms with Crippen LogP contribution in [0.25, 0.3) is 11.0 Å². The molecule has 0 atom stereocenters. The first-order valence-corrected chi connectivity index (χ1v) is 8.47. The highest BCUT2D eigenvalue weighted by atomic mass is 35.5. The normalized spacial score (nSPS) is 10.2. The molecule has 3 rings (SSSR count). The molecule has 1 amide bonds. The van der Waals surface area contributed by atoms with Gasteiger partial charge in [-0.25, -0.2) is 9.97 Å². The molecule has 9 heteroatoms. The van der Waals surface area contributed by atoms with E-state index in [1.54, 1.807) is 5.38 Å². The molecule has 0 bridgehead atoms. The van der Waals surface area contributed by atoms with Gasteiger partial charge in [-0.3, -0.25) is 4.79 Å².